The second-order valence-corrected chi connectivity index (χ2v) is 6.83. The van der Waals surface area contributed by atoms with Crippen molar-refractivity contribution in [1.82, 2.24) is 15.1 Å². The first-order valence-corrected chi connectivity index (χ1v) is 8.35. The van der Waals surface area contributed by atoms with Crippen molar-refractivity contribution in [3.63, 3.8) is 0 Å². The second-order valence-electron chi connectivity index (χ2n) is 5.08. The van der Waals surface area contributed by atoms with Gasteiger partial charge in [-0.2, -0.15) is 0 Å². The van der Waals surface area contributed by atoms with Crippen molar-refractivity contribution >= 4 is 34.8 Å². The first-order valence-electron chi connectivity index (χ1n) is 7.15. The van der Waals surface area contributed by atoms with Crippen molar-refractivity contribution in [3.8, 4) is 0 Å². The number of halogens is 1. The number of carbonyl (C=O) groups is 1. The Hall–Kier alpha value is -1.31. The first kappa shape index (κ1) is 17.1. The van der Waals surface area contributed by atoms with Gasteiger partial charge in [0.2, 0.25) is 5.91 Å². The van der Waals surface area contributed by atoms with Crippen LogP contribution in [0.1, 0.15) is 17.9 Å². The lowest BCUT2D eigenvalue weighted by atomic mass is 10.3. The third-order valence-electron chi connectivity index (χ3n) is 3.61. The van der Waals surface area contributed by atoms with Crippen LogP contribution in [0.25, 0.3) is 0 Å². The number of hydrogen-bond donors (Lipinski definition) is 2. The Labute approximate surface area is 139 Å². The molecule has 0 saturated carbocycles. The molecular weight excluding hydrogens is 324 g/mol. The first-order chi connectivity index (χ1) is 10.5. The molecule has 0 radical (unpaired) electrons. The number of nitrogens with zero attached hydrogens (tertiary/aromatic N) is 3. The topological polar surface area (TPSA) is 68.2 Å². The van der Waals surface area contributed by atoms with Crippen LogP contribution in [0.5, 0.6) is 0 Å². The number of aliphatic hydroxyl groups excluding tert-OH is 1. The number of aliphatic hydroxyl groups is 1. The number of thiophene rings is 1. The molecule has 1 aliphatic rings. The quantitative estimate of drug-likeness (QED) is 0.638. The molecule has 0 aliphatic carbocycles. The number of nitrogens with one attached hydrogen (secondary N) is 1. The van der Waals surface area contributed by atoms with Gasteiger partial charge in [0, 0.05) is 51.6 Å². The number of amides is 1. The highest BCUT2D eigenvalue weighted by Crippen LogP contribution is 2.26. The van der Waals surface area contributed by atoms with Gasteiger partial charge in [-0.15, -0.1) is 11.3 Å². The summed E-state index contributed by atoms with van der Waals surface area (Å²) >= 11 is 7.25. The Morgan fingerprint density at radius 3 is 2.55 bits per heavy atom. The zero-order valence-corrected chi connectivity index (χ0v) is 14.3. The van der Waals surface area contributed by atoms with E-state index in [0.29, 0.717) is 24.0 Å². The van der Waals surface area contributed by atoms with Crippen LogP contribution in [0.3, 0.4) is 0 Å². The van der Waals surface area contributed by atoms with E-state index in [2.05, 4.69) is 15.2 Å². The van der Waals surface area contributed by atoms with Crippen molar-refractivity contribution in [2.45, 2.75) is 13.0 Å². The van der Waals surface area contributed by atoms with Crippen molar-refractivity contribution in [3.05, 3.63) is 21.3 Å². The minimum Gasteiger partial charge on any atom is -0.386 e. The van der Waals surface area contributed by atoms with Crippen LogP contribution in [0, 0.1) is 0 Å². The normalized spacial score (nSPS) is 17.5. The molecule has 6 nitrogen and oxygen atoms in total. The average Bonchev–Trinajstić information content (AvgIpc) is 2.95. The number of aliphatic imine (C=N–C) groups is 1. The van der Waals surface area contributed by atoms with Crippen LogP contribution in [0.4, 0.5) is 0 Å². The number of guanidine groups is 1. The molecule has 0 aromatic carbocycles. The van der Waals surface area contributed by atoms with E-state index in [1.807, 2.05) is 11.0 Å². The van der Waals surface area contributed by atoms with E-state index in [9.17, 15) is 9.90 Å². The van der Waals surface area contributed by atoms with Crippen LogP contribution < -0.4 is 5.32 Å². The largest absolute Gasteiger partial charge is 0.386 e. The Morgan fingerprint density at radius 2 is 2.05 bits per heavy atom. The van der Waals surface area contributed by atoms with Gasteiger partial charge < -0.3 is 20.2 Å². The average molecular weight is 345 g/mol. The maximum absolute atomic E-state index is 11.3. The van der Waals surface area contributed by atoms with E-state index in [1.165, 1.54) is 11.3 Å². The van der Waals surface area contributed by atoms with Gasteiger partial charge in [-0.1, -0.05) is 11.6 Å². The van der Waals surface area contributed by atoms with E-state index in [4.69, 9.17) is 11.6 Å². The number of carbonyl (C=O) groups excluding carboxylic acids is 1. The Bertz CT molecular complexity index is 541. The summed E-state index contributed by atoms with van der Waals surface area (Å²) in [6.07, 6.45) is -0.618. The molecule has 1 atom stereocenters. The molecule has 1 unspecified atom stereocenters. The standard InChI is InChI=1S/C14H21ClN4O2S/c1-10(20)18-5-7-19(8-6-18)14(16-2)17-9-11(21)12-3-4-13(15)22-12/h3-4,11,21H,5-9H2,1-2H3,(H,16,17). The lowest BCUT2D eigenvalue weighted by molar-refractivity contribution is -0.130. The van der Waals surface area contributed by atoms with Crippen LogP contribution in [0.2, 0.25) is 4.34 Å². The fourth-order valence-electron chi connectivity index (χ4n) is 2.36. The molecule has 122 valence electrons. The number of piperazine rings is 1. The van der Waals surface area contributed by atoms with E-state index >= 15 is 0 Å². The zero-order chi connectivity index (χ0) is 16.1. The lowest BCUT2D eigenvalue weighted by Gasteiger charge is -2.36. The summed E-state index contributed by atoms with van der Waals surface area (Å²) in [5, 5.41) is 13.3. The fourth-order valence-corrected chi connectivity index (χ4v) is 3.41. The molecule has 0 bridgehead atoms. The summed E-state index contributed by atoms with van der Waals surface area (Å²) in [6, 6.07) is 3.61. The van der Waals surface area contributed by atoms with Gasteiger partial charge in [0.05, 0.1) is 4.34 Å². The third kappa shape index (κ3) is 4.34. The zero-order valence-electron chi connectivity index (χ0n) is 12.8. The van der Waals surface area contributed by atoms with Gasteiger partial charge in [0.1, 0.15) is 6.10 Å². The highest BCUT2D eigenvalue weighted by atomic mass is 35.5. The Balaban J connectivity index is 1.84. The minimum atomic E-state index is -0.618. The molecule has 8 heteroatoms. The maximum Gasteiger partial charge on any atom is 0.219 e. The van der Waals surface area contributed by atoms with Gasteiger partial charge in [0.15, 0.2) is 5.96 Å². The second kappa shape index (κ2) is 7.80. The van der Waals surface area contributed by atoms with Crippen molar-refractivity contribution in [1.29, 1.82) is 0 Å². The predicted molar refractivity (Wildman–Crippen MR) is 89.5 cm³/mol. The van der Waals surface area contributed by atoms with E-state index in [-0.39, 0.29) is 5.91 Å². The highest BCUT2D eigenvalue weighted by molar-refractivity contribution is 7.16. The monoisotopic (exact) mass is 344 g/mol. The molecule has 2 rings (SSSR count). The summed E-state index contributed by atoms with van der Waals surface area (Å²) < 4.78 is 0.666. The van der Waals surface area contributed by atoms with Crippen molar-refractivity contribution in [2.75, 3.05) is 39.8 Å². The molecule has 1 aromatic heterocycles. The number of rotatable bonds is 3. The van der Waals surface area contributed by atoms with E-state index < -0.39 is 6.10 Å². The van der Waals surface area contributed by atoms with Gasteiger partial charge >= 0.3 is 0 Å². The SMILES string of the molecule is CN=C(NCC(O)c1ccc(Cl)s1)N1CCN(C(C)=O)CC1. The predicted octanol–water partition coefficient (Wildman–Crippen LogP) is 1.17. The summed E-state index contributed by atoms with van der Waals surface area (Å²) in [6.45, 7) is 4.82. The molecule has 0 spiro atoms. The molecule has 1 aliphatic heterocycles. The van der Waals surface area contributed by atoms with Crippen LogP contribution in [-0.2, 0) is 4.79 Å². The Morgan fingerprint density at radius 1 is 1.41 bits per heavy atom. The van der Waals surface area contributed by atoms with Gasteiger partial charge in [-0.05, 0) is 12.1 Å². The minimum absolute atomic E-state index is 0.104. The van der Waals surface area contributed by atoms with Crippen molar-refractivity contribution < 1.29 is 9.90 Å². The van der Waals surface area contributed by atoms with Crippen LogP contribution >= 0.6 is 22.9 Å². The molecule has 1 saturated heterocycles. The number of hydrogen-bond acceptors (Lipinski definition) is 4. The molecule has 2 N–H and O–H groups in total. The van der Waals surface area contributed by atoms with Gasteiger partial charge in [-0.25, -0.2) is 0 Å². The molecule has 1 aromatic rings. The Kier molecular flexibility index (Phi) is 6.05. The van der Waals surface area contributed by atoms with Crippen LogP contribution in [-0.4, -0.2) is 66.5 Å². The van der Waals surface area contributed by atoms with E-state index in [1.54, 1.807) is 20.0 Å². The molecule has 22 heavy (non-hydrogen) atoms. The third-order valence-corrected chi connectivity index (χ3v) is 4.94. The molecule has 1 fully saturated rings. The lowest BCUT2D eigenvalue weighted by Crippen LogP contribution is -2.53. The fraction of sp³-hybridized carbons (Fsp3) is 0.571. The van der Waals surface area contributed by atoms with E-state index in [0.717, 1.165) is 23.9 Å². The van der Waals surface area contributed by atoms with Crippen molar-refractivity contribution in [2.24, 2.45) is 4.99 Å². The summed E-state index contributed by atoms with van der Waals surface area (Å²) in [5.41, 5.74) is 0. The van der Waals surface area contributed by atoms with Gasteiger partial charge in [0.25, 0.3) is 0 Å². The highest BCUT2D eigenvalue weighted by Gasteiger charge is 2.21. The molecular formula is C14H21ClN4O2S. The molecule has 2 heterocycles. The molecule has 1 amide bonds. The summed E-state index contributed by atoms with van der Waals surface area (Å²) in [7, 11) is 1.72. The summed E-state index contributed by atoms with van der Waals surface area (Å²) in [4.78, 5) is 20.3. The van der Waals surface area contributed by atoms with Gasteiger partial charge in [-0.3, -0.25) is 9.79 Å². The van der Waals surface area contributed by atoms with Crippen LogP contribution in [0.15, 0.2) is 17.1 Å². The maximum atomic E-state index is 11.3. The smallest absolute Gasteiger partial charge is 0.219 e. The summed E-state index contributed by atoms with van der Waals surface area (Å²) in [5.74, 6) is 0.845.